The average molecular weight is 360 g/mol. The van der Waals surface area contributed by atoms with Crippen LogP contribution in [0, 0.1) is 0 Å². The van der Waals surface area contributed by atoms with Crippen LogP contribution in [-0.2, 0) is 11.3 Å². The number of amides is 3. The van der Waals surface area contributed by atoms with Gasteiger partial charge in [-0.25, -0.2) is 4.79 Å². The van der Waals surface area contributed by atoms with E-state index in [0.717, 1.165) is 11.1 Å². The summed E-state index contributed by atoms with van der Waals surface area (Å²) in [6, 6.07) is 15.8. The van der Waals surface area contributed by atoms with Crippen molar-refractivity contribution in [2.45, 2.75) is 19.5 Å². The van der Waals surface area contributed by atoms with Crippen molar-refractivity contribution in [3.63, 3.8) is 0 Å². The molecule has 2 rings (SSSR count). The largest absolute Gasteiger partial charge is 0.338 e. The van der Waals surface area contributed by atoms with Crippen molar-refractivity contribution < 1.29 is 9.59 Å². The van der Waals surface area contributed by atoms with Crippen LogP contribution in [0.3, 0.4) is 0 Å². The fourth-order valence-electron chi connectivity index (χ4n) is 2.64. The highest BCUT2D eigenvalue weighted by Crippen LogP contribution is 2.22. The first-order valence-corrected chi connectivity index (χ1v) is 8.47. The predicted octanol–water partition coefficient (Wildman–Crippen LogP) is 3.36. The van der Waals surface area contributed by atoms with Crippen molar-refractivity contribution in [1.29, 1.82) is 0 Å². The van der Waals surface area contributed by atoms with E-state index in [1.807, 2.05) is 66.5 Å². The molecule has 0 aliphatic heterocycles. The SMILES string of the molecule is CCNC(=O)NC(=O)C(c1ccccc1)N(C)Cc1cccc(Cl)c1. The van der Waals surface area contributed by atoms with E-state index in [2.05, 4.69) is 10.6 Å². The minimum atomic E-state index is -0.595. The van der Waals surface area contributed by atoms with Gasteiger partial charge in [-0.05, 0) is 37.2 Å². The highest BCUT2D eigenvalue weighted by molar-refractivity contribution is 6.30. The second kappa shape index (κ2) is 9.20. The van der Waals surface area contributed by atoms with Gasteiger partial charge in [-0.2, -0.15) is 0 Å². The summed E-state index contributed by atoms with van der Waals surface area (Å²) < 4.78 is 0. The molecule has 0 heterocycles. The van der Waals surface area contributed by atoms with Gasteiger partial charge in [0.25, 0.3) is 0 Å². The van der Waals surface area contributed by atoms with E-state index >= 15 is 0 Å². The van der Waals surface area contributed by atoms with E-state index in [0.29, 0.717) is 18.1 Å². The van der Waals surface area contributed by atoms with Gasteiger partial charge >= 0.3 is 6.03 Å². The first kappa shape index (κ1) is 19.0. The molecule has 0 bridgehead atoms. The molecule has 2 aromatic carbocycles. The standard InChI is InChI=1S/C19H22ClN3O2/c1-3-21-19(25)22-18(24)17(15-9-5-4-6-10-15)23(2)13-14-8-7-11-16(20)12-14/h4-12,17H,3,13H2,1-2H3,(H2,21,22,24,25). The van der Waals surface area contributed by atoms with Gasteiger partial charge in [-0.15, -0.1) is 0 Å². The van der Waals surface area contributed by atoms with Crippen molar-refractivity contribution in [3.8, 4) is 0 Å². The minimum absolute atomic E-state index is 0.373. The number of nitrogens with zero attached hydrogens (tertiary/aromatic N) is 1. The number of hydrogen-bond acceptors (Lipinski definition) is 3. The summed E-state index contributed by atoms with van der Waals surface area (Å²) in [7, 11) is 1.84. The van der Waals surface area contributed by atoms with Crippen LogP contribution in [0.25, 0.3) is 0 Å². The Morgan fingerprint density at radius 1 is 1.12 bits per heavy atom. The Morgan fingerprint density at radius 2 is 1.84 bits per heavy atom. The van der Waals surface area contributed by atoms with E-state index in [1.165, 1.54) is 0 Å². The molecule has 2 N–H and O–H groups in total. The van der Waals surface area contributed by atoms with Gasteiger partial charge in [-0.1, -0.05) is 54.1 Å². The molecule has 6 heteroatoms. The number of benzene rings is 2. The van der Waals surface area contributed by atoms with Crippen molar-refractivity contribution in [2.75, 3.05) is 13.6 Å². The smallest absolute Gasteiger partial charge is 0.321 e. The molecule has 5 nitrogen and oxygen atoms in total. The molecule has 0 saturated carbocycles. The summed E-state index contributed by atoms with van der Waals surface area (Å²) >= 11 is 6.04. The Labute approximate surface area is 153 Å². The van der Waals surface area contributed by atoms with Crippen LogP contribution in [0.5, 0.6) is 0 Å². The zero-order valence-electron chi connectivity index (χ0n) is 14.3. The van der Waals surface area contributed by atoms with Crippen LogP contribution in [0.4, 0.5) is 4.79 Å². The van der Waals surface area contributed by atoms with E-state index in [-0.39, 0.29) is 5.91 Å². The Morgan fingerprint density at radius 3 is 2.48 bits per heavy atom. The van der Waals surface area contributed by atoms with E-state index in [9.17, 15) is 9.59 Å². The quantitative estimate of drug-likeness (QED) is 0.831. The number of nitrogens with one attached hydrogen (secondary N) is 2. The zero-order chi connectivity index (χ0) is 18.2. The van der Waals surface area contributed by atoms with Crippen molar-refractivity contribution >= 4 is 23.5 Å². The molecule has 1 unspecified atom stereocenters. The third-order valence-corrected chi connectivity index (χ3v) is 3.93. The van der Waals surface area contributed by atoms with Gasteiger partial charge < -0.3 is 5.32 Å². The van der Waals surface area contributed by atoms with Gasteiger partial charge in [0.05, 0.1) is 0 Å². The molecule has 25 heavy (non-hydrogen) atoms. The minimum Gasteiger partial charge on any atom is -0.338 e. The fraction of sp³-hybridized carbons (Fsp3) is 0.263. The molecule has 0 aliphatic rings. The second-order valence-electron chi connectivity index (χ2n) is 5.71. The van der Waals surface area contributed by atoms with E-state index in [4.69, 9.17) is 11.6 Å². The number of halogens is 1. The Hall–Kier alpha value is -2.37. The fourth-order valence-corrected chi connectivity index (χ4v) is 2.85. The Balaban J connectivity index is 2.21. The molecule has 0 fully saturated rings. The van der Waals surface area contributed by atoms with Gasteiger partial charge in [-0.3, -0.25) is 15.0 Å². The third kappa shape index (κ3) is 5.59. The molecule has 0 saturated heterocycles. The molecule has 0 aliphatic carbocycles. The van der Waals surface area contributed by atoms with Gasteiger partial charge in [0, 0.05) is 18.1 Å². The number of rotatable bonds is 6. The van der Waals surface area contributed by atoms with Gasteiger partial charge in [0.1, 0.15) is 6.04 Å². The lowest BCUT2D eigenvalue weighted by Gasteiger charge is -2.27. The average Bonchev–Trinajstić information content (AvgIpc) is 2.56. The van der Waals surface area contributed by atoms with Crippen LogP contribution < -0.4 is 10.6 Å². The summed E-state index contributed by atoms with van der Waals surface area (Å²) in [6.45, 7) is 2.76. The highest BCUT2D eigenvalue weighted by atomic mass is 35.5. The number of urea groups is 1. The number of imide groups is 1. The summed E-state index contributed by atoms with van der Waals surface area (Å²) in [6.07, 6.45) is 0. The summed E-state index contributed by atoms with van der Waals surface area (Å²) in [5.41, 5.74) is 1.80. The summed E-state index contributed by atoms with van der Waals surface area (Å²) in [5, 5.41) is 5.62. The molecular formula is C19H22ClN3O2. The maximum Gasteiger partial charge on any atom is 0.321 e. The molecule has 0 spiro atoms. The summed E-state index contributed by atoms with van der Waals surface area (Å²) in [5.74, 6) is -0.373. The van der Waals surface area contributed by atoms with Crippen molar-refractivity contribution in [2.24, 2.45) is 0 Å². The molecule has 0 aromatic heterocycles. The Bertz CT molecular complexity index is 722. The van der Waals surface area contributed by atoms with Crippen LogP contribution in [-0.4, -0.2) is 30.4 Å². The van der Waals surface area contributed by atoms with E-state index < -0.39 is 12.1 Å². The lowest BCUT2D eigenvalue weighted by molar-refractivity contribution is -0.125. The lowest BCUT2D eigenvalue weighted by Crippen LogP contribution is -2.45. The normalized spacial score (nSPS) is 11.8. The topological polar surface area (TPSA) is 61.4 Å². The van der Waals surface area contributed by atoms with Crippen molar-refractivity contribution in [3.05, 3.63) is 70.7 Å². The molecule has 1 atom stereocenters. The highest BCUT2D eigenvalue weighted by Gasteiger charge is 2.26. The summed E-state index contributed by atoms with van der Waals surface area (Å²) in [4.78, 5) is 26.3. The number of likely N-dealkylation sites (N-methyl/N-ethyl adjacent to an activating group) is 1. The van der Waals surface area contributed by atoms with Gasteiger partial charge in [0.2, 0.25) is 5.91 Å². The van der Waals surface area contributed by atoms with E-state index in [1.54, 1.807) is 6.92 Å². The number of hydrogen-bond donors (Lipinski definition) is 2. The molecule has 2 aromatic rings. The van der Waals surface area contributed by atoms with Crippen LogP contribution in [0.15, 0.2) is 54.6 Å². The van der Waals surface area contributed by atoms with Crippen LogP contribution in [0.1, 0.15) is 24.1 Å². The third-order valence-electron chi connectivity index (χ3n) is 3.70. The maximum atomic E-state index is 12.7. The first-order chi connectivity index (χ1) is 12.0. The maximum absolute atomic E-state index is 12.7. The number of carbonyl (C=O) groups is 2. The molecular weight excluding hydrogens is 338 g/mol. The second-order valence-corrected chi connectivity index (χ2v) is 6.14. The molecule has 0 radical (unpaired) electrons. The lowest BCUT2D eigenvalue weighted by atomic mass is 10.0. The zero-order valence-corrected chi connectivity index (χ0v) is 15.1. The number of carbonyl (C=O) groups excluding carboxylic acids is 2. The van der Waals surface area contributed by atoms with Crippen LogP contribution >= 0.6 is 11.6 Å². The molecule has 132 valence electrons. The first-order valence-electron chi connectivity index (χ1n) is 8.09. The van der Waals surface area contributed by atoms with Crippen LogP contribution in [0.2, 0.25) is 5.02 Å². The monoisotopic (exact) mass is 359 g/mol. The van der Waals surface area contributed by atoms with Crippen molar-refractivity contribution in [1.82, 2.24) is 15.5 Å². The molecule has 3 amide bonds. The van der Waals surface area contributed by atoms with Gasteiger partial charge in [0.15, 0.2) is 0 Å². The predicted molar refractivity (Wildman–Crippen MR) is 99.3 cm³/mol. The Kier molecular flexibility index (Phi) is 6.98.